The average Bonchev–Trinajstić information content (AvgIpc) is 2.92. The Morgan fingerprint density at radius 1 is 1.33 bits per heavy atom. The highest BCUT2D eigenvalue weighted by molar-refractivity contribution is 9.09. The van der Waals surface area contributed by atoms with E-state index in [2.05, 4.69) is 27.3 Å². The first-order valence-electron chi connectivity index (χ1n) is 5.75. The lowest BCUT2D eigenvalue weighted by atomic mass is 10.0. The Labute approximate surface area is 113 Å². The maximum absolute atomic E-state index is 11.3. The van der Waals surface area contributed by atoms with E-state index < -0.39 is 0 Å². The minimum absolute atomic E-state index is 0.0624. The van der Waals surface area contributed by atoms with Crippen molar-refractivity contribution < 1.29 is 9.21 Å². The Bertz CT molecular complexity index is 618. The number of hydrogen-bond donors (Lipinski definition) is 1. The highest BCUT2D eigenvalue weighted by Gasteiger charge is 2.20. The third-order valence-electron chi connectivity index (χ3n) is 3.09. The number of amides is 1. The molecular formula is C14H12BrNO2. The van der Waals surface area contributed by atoms with E-state index in [1.807, 2.05) is 25.1 Å². The van der Waals surface area contributed by atoms with Crippen molar-refractivity contribution in [2.24, 2.45) is 0 Å². The predicted octanol–water partition coefficient (Wildman–Crippen LogP) is 3.57. The normalized spacial score (nSPS) is 15.3. The second kappa shape index (κ2) is 4.28. The highest BCUT2D eigenvalue weighted by atomic mass is 79.9. The maximum Gasteiger partial charge on any atom is 0.228 e. The molecule has 3 nitrogen and oxygen atoms in total. The first-order chi connectivity index (χ1) is 8.63. The van der Waals surface area contributed by atoms with Gasteiger partial charge in [0, 0.05) is 11.3 Å². The monoisotopic (exact) mass is 305 g/mol. The predicted molar refractivity (Wildman–Crippen MR) is 73.0 cm³/mol. The second-order valence-corrected chi connectivity index (χ2v) is 5.41. The molecule has 0 fully saturated rings. The molecule has 1 N–H and O–H groups in total. The number of furan rings is 1. The number of benzene rings is 1. The van der Waals surface area contributed by atoms with Gasteiger partial charge in [-0.2, -0.15) is 0 Å². The molecule has 0 spiro atoms. The van der Waals surface area contributed by atoms with Gasteiger partial charge in [-0.15, -0.1) is 0 Å². The first kappa shape index (κ1) is 11.5. The van der Waals surface area contributed by atoms with Crippen molar-refractivity contribution >= 4 is 27.5 Å². The van der Waals surface area contributed by atoms with Crippen molar-refractivity contribution in [3.63, 3.8) is 0 Å². The number of rotatable bonds is 2. The quantitative estimate of drug-likeness (QED) is 0.862. The molecule has 0 radical (unpaired) electrons. The second-order valence-electron chi connectivity index (χ2n) is 4.49. The summed E-state index contributed by atoms with van der Waals surface area (Å²) in [5, 5.41) is 2.83. The van der Waals surface area contributed by atoms with E-state index in [4.69, 9.17) is 4.42 Å². The molecule has 1 atom stereocenters. The Morgan fingerprint density at radius 3 is 2.89 bits per heavy atom. The number of halogens is 1. The lowest BCUT2D eigenvalue weighted by molar-refractivity contribution is -0.115. The molecule has 1 aliphatic rings. The summed E-state index contributed by atoms with van der Waals surface area (Å²) in [6.07, 6.45) is 2.22. The molecule has 1 aromatic carbocycles. The number of alkyl halides is 1. The third-order valence-corrected chi connectivity index (χ3v) is 4.15. The summed E-state index contributed by atoms with van der Waals surface area (Å²) in [6.45, 7) is 1.93. The zero-order valence-corrected chi connectivity index (χ0v) is 11.5. The van der Waals surface area contributed by atoms with E-state index >= 15 is 0 Å². The van der Waals surface area contributed by atoms with Gasteiger partial charge in [0.25, 0.3) is 0 Å². The van der Waals surface area contributed by atoms with E-state index in [0.717, 1.165) is 28.1 Å². The lowest BCUT2D eigenvalue weighted by Gasteiger charge is -2.09. The van der Waals surface area contributed by atoms with Crippen LogP contribution in [0.25, 0.3) is 0 Å². The summed E-state index contributed by atoms with van der Waals surface area (Å²) in [7, 11) is 0. The van der Waals surface area contributed by atoms with E-state index in [1.54, 1.807) is 6.26 Å². The van der Waals surface area contributed by atoms with Crippen LogP contribution >= 0.6 is 15.9 Å². The molecule has 0 saturated heterocycles. The summed E-state index contributed by atoms with van der Waals surface area (Å²) < 4.78 is 5.32. The van der Waals surface area contributed by atoms with Crippen LogP contribution in [0.4, 0.5) is 5.69 Å². The van der Waals surface area contributed by atoms with Crippen LogP contribution in [-0.4, -0.2) is 5.91 Å². The van der Waals surface area contributed by atoms with Crippen LogP contribution in [0.2, 0.25) is 0 Å². The number of fused-ring (bicyclic) bond motifs is 1. The van der Waals surface area contributed by atoms with Gasteiger partial charge in [0.1, 0.15) is 5.76 Å². The topological polar surface area (TPSA) is 42.2 Å². The van der Waals surface area contributed by atoms with Gasteiger partial charge in [-0.3, -0.25) is 4.79 Å². The number of aryl methyl sites for hydroxylation is 1. The van der Waals surface area contributed by atoms with Crippen LogP contribution in [0.1, 0.15) is 27.3 Å². The minimum Gasteiger partial charge on any atom is -0.469 e. The van der Waals surface area contributed by atoms with E-state index in [1.165, 1.54) is 0 Å². The summed E-state index contributed by atoms with van der Waals surface area (Å²) in [4.78, 5) is 11.4. The van der Waals surface area contributed by atoms with Crippen molar-refractivity contribution in [3.8, 4) is 0 Å². The zero-order valence-electron chi connectivity index (χ0n) is 9.87. The summed E-state index contributed by atoms with van der Waals surface area (Å²) in [5.41, 5.74) is 4.20. The molecule has 3 rings (SSSR count). The van der Waals surface area contributed by atoms with Crippen LogP contribution in [0.3, 0.4) is 0 Å². The van der Waals surface area contributed by atoms with Gasteiger partial charge in [-0.25, -0.2) is 0 Å². The van der Waals surface area contributed by atoms with Crippen molar-refractivity contribution in [1.29, 1.82) is 0 Å². The molecule has 4 heteroatoms. The Hall–Kier alpha value is -1.55. The first-order valence-corrected chi connectivity index (χ1v) is 6.67. The molecule has 0 bridgehead atoms. The zero-order chi connectivity index (χ0) is 12.7. The molecule has 1 aromatic heterocycles. The fourth-order valence-corrected chi connectivity index (χ4v) is 2.72. The van der Waals surface area contributed by atoms with Gasteiger partial charge in [-0.05, 0) is 30.2 Å². The largest absolute Gasteiger partial charge is 0.469 e. The van der Waals surface area contributed by atoms with Gasteiger partial charge in [0.2, 0.25) is 5.91 Å². The molecule has 2 aromatic rings. The molecule has 1 aliphatic heterocycles. The van der Waals surface area contributed by atoms with Crippen LogP contribution < -0.4 is 5.32 Å². The Morgan fingerprint density at radius 2 is 2.17 bits per heavy atom. The van der Waals surface area contributed by atoms with E-state index in [0.29, 0.717) is 6.42 Å². The molecule has 92 valence electrons. The number of anilines is 1. The summed E-state index contributed by atoms with van der Waals surface area (Å²) in [6, 6.07) is 8.05. The third kappa shape index (κ3) is 1.97. The summed E-state index contributed by atoms with van der Waals surface area (Å²) >= 11 is 3.67. The number of carbonyl (C=O) groups excluding carboxylic acids is 1. The lowest BCUT2D eigenvalue weighted by Crippen LogP contribution is -2.03. The highest BCUT2D eigenvalue weighted by Crippen LogP contribution is 2.35. The molecule has 0 aliphatic carbocycles. The fraction of sp³-hybridized carbons (Fsp3) is 0.214. The van der Waals surface area contributed by atoms with Crippen molar-refractivity contribution in [2.45, 2.75) is 18.2 Å². The van der Waals surface area contributed by atoms with Gasteiger partial charge in [0.05, 0.1) is 17.5 Å². The van der Waals surface area contributed by atoms with E-state index in [-0.39, 0.29) is 10.7 Å². The van der Waals surface area contributed by atoms with Crippen molar-refractivity contribution in [3.05, 3.63) is 53.0 Å². The van der Waals surface area contributed by atoms with Crippen molar-refractivity contribution in [1.82, 2.24) is 0 Å². The molecular weight excluding hydrogens is 294 g/mol. The summed E-state index contributed by atoms with van der Waals surface area (Å²) in [5.74, 6) is 0.958. The fourth-order valence-electron chi connectivity index (χ4n) is 2.20. The van der Waals surface area contributed by atoms with Gasteiger partial charge in [-0.1, -0.05) is 28.1 Å². The molecule has 1 unspecified atom stereocenters. The van der Waals surface area contributed by atoms with Crippen LogP contribution in [0, 0.1) is 6.92 Å². The number of nitrogens with one attached hydrogen (secondary N) is 1. The number of carbonyl (C=O) groups is 1. The van der Waals surface area contributed by atoms with Gasteiger partial charge >= 0.3 is 0 Å². The molecule has 0 saturated carbocycles. The number of hydrogen-bond acceptors (Lipinski definition) is 2. The van der Waals surface area contributed by atoms with Crippen LogP contribution in [0.15, 0.2) is 34.9 Å². The minimum atomic E-state index is 0.0624. The van der Waals surface area contributed by atoms with Gasteiger partial charge in [0.15, 0.2) is 0 Å². The average molecular weight is 306 g/mol. The standard InChI is InChI=1S/C14H12BrNO2/c1-8-4-11(7-18-8)14(15)9-2-3-12-10(5-9)6-13(17)16-12/h2-5,7,14H,6H2,1H3,(H,16,17). The van der Waals surface area contributed by atoms with Crippen LogP contribution in [0.5, 0.6) is 0 Å². The van der Waals surface area contributed by atoms with Crippen LogP contribution in [-0.2, 0) is 11.2 Å². The van der Waals surface area contributed by atoms with Gasteiger partial charge < -0.3 is 9.73 Å². The Kier molecular flexibility index (Phi) is 2.74. The van der Waals surface area contributed by atoms with E-state index in [9.17, 15) is 4.79 Å². The van der Waals surface area contributed by atoms with Crippen molar-refractivity contribution in [2.75, 3.05) is 5.32 Å². The SMILES string of the molecule is Cc1cc(C(Br)c2ccc3c(c2)CC(=O)N3)co1. The molecule has 18 heavy (non-hydrogen) atoms. The smallest absolute Gasteiger partial charge is 0.228 e. The molecule has 1 amide bonds. The Balaban J connectivity index is 1.94. The molecule has 2 heterocycles. The maximum atomic E-state index is 11.3.